The molecule has 0 fully saturated rings. The Hall–Kier alpha value is -3.35. The fourth-order valence-electron chi connectivity index (χ4n) is 2.39. The first kappa shape index (κ1) is 19.0. The maximum atomic E-state index is 12.8. The van der Waals surface area contributed by atoms with Crippen molar-refractivity contribution in [2.24, 2.45) is 11.1 Å². The van der Waals surface area contributed by atoms with E-state index in [1.807, 2.05) is 0 Å². The molecule has 0 radical (unpaired) electrons. The Labute approximate surface area is 151 Å². The van der Waals surface area contributed by atoms with Crippen molar-refractivity contribution in [3.63, 3.8) is 0 Å². The van der Waals surface area contributed by atoms with Gasteiger partial charge >= 0.3 is 0 Å². The van der Waals surface area contributed by atoms with Crippen molar-refractivity contribution in [1.29, 1.82) is 0 Å². The minimum absolute atomic E-state index is 0.0182. The van der Waals surface area contributed by atoms with Crippen molar-refractivity contribution in [2.45, 2.75) is 0 Å². The molecule has 2 amide bonds. The van der Waals surface area contributed by atoms with Crippen LogP contribution < -0.4 is 10.1 Å². The van der Waals surface area contributed by atoms with E-state index in [4.69, 9.17) is 4.74 Å². The van der Waals surface area contributed by atoms with Crippen molar-refractivity contribution in [1.82, 2.24) is 4.90 Å². The minimum atomic E-state index is -1.29. The number of nitrogens with zero attached hydrogens (tertiary/aromatic N) is 2. The predicted molar refractivity (Wildman–Crippen MR) is 98.6 cm³/mol. The second kappa shape index (κ2) is 8.66. The van der Waals surface area contributed by atoms with Gasteiger partial charge in [0, 0.05) is 25.3 Å². The van der Waals surface area contributed by atoms with Crippen LogP contribution in [0.25, 0.3) is 0 Å². The molecule has 0 saturated heterocycles. The van der Waals surface area contributed by atoms with Gasteiger partial charge in [-0.1, -0.05) is 35.5 Å². The number of carbonyl (C=O) groups excluding carboxylic acids is 2. The molecule has 7 nitrogen and oxygen atoms in total. The van der Waals surface area contributed by atoms with E-state index in [-0.39, 0.29) is 5.71 Å². The third kappa shape index (κ3) is 4.38. The highest BCUT2D eigenvalue weighted by Gasteiger charge is 2.34. The van der Waals surface area contributed by atoms with Crippen LogP contribution in [0.4, 0.5) is 5.69 Å². The molecule has 0 aliphatic carbocycles. The molecule has 1 unspecified atom stereocenters. The van der Waals surface area contributed by atoms with Crippen LogP contribution in [-0.2, 0) is 9.59 Å². The van der Waals surface area contributed by atoms with Gasteiger partial charge in [0.2, 0.25) is 11.8 Å². The van der Waals surface area contributed by atoms with E-state index in [2.05, 4.69) is 10.5 Å². The van der Waals surface area contributed by atoms with Crippen LogP contribution >= 0.6 is 0 Å². The number of amides is 2. The van der Waals surface area contributed by atoms with Gasteiger partial charge in [-0.25, -0.2) is 0 Å². The summed E-state index contributed by atoms with van der Waals surface area (Å²) in [6.45, 7) is 0. The average Bonchev–Trinajstić information content (AvgIpc) is 2.66. The van der Waals surface area contributed by atoms with E-state index < -0.39 is 17.7 Å². The van der Waals surface area contributed by atoms with Gasteiger partial charge in [-0.15, -0.1) is 0 Å². The maximum Gasteiger partial charge on any atom is 0.243 e. The molecule has 0 spiro atoms. The van der Waals surface area contributed by atoms with Crippen LogP contribution in [0.15, 0.2) is 59.8 Å². The highest BCUT2D eigenvalue weighted by molar-refractivity contribution is 6.27. The first-order valence-corrected chi connectivity index (χ1v) is 7.91. The molecule has 1 atom stereocenters. The highest BCUT2D eigenvalue weighted by Crippen LogP contribution is 2.18. The van der Waals surface area contributed by atoms with Crippen LogP contribution in [-0.4, -0.2) is 48.8 Å². The molecule has 136 valence electrons. The highest BCUT2D eigenvalue weighted by atomic mass is 16.5. The molecule has 0 saturated carbocycles. The Morgan fingerprint density at radius 1 is 1.08 bits per heavy atom. The van der Waals surface area contributed by atoms with Crippen molar-refractivity contribution in [3.8, 4) is 5.75 Å². The van der Waals surface area contributed by atoms with Gasteiger partial charge in [0.25, 0.3) is 0 Å². The molecule has 2 aromatic carbocycles. The van der Waals surface area contributed by atoms with Crippen LogP contribution in [0.3, 0.4) is 0 Å². The smallest absolute Gasteiger partial charge is 0.243 e. The lowest BCUT2D eigenvalue weighted by molar-refractivity contribution is -0.135. The minimum Gasteiger partial charge on any atom is -0.497 e. The summed E-state index contributed by atoms with van der Waals surface area (Å²) in [5.41, 5.74) is 0.966. The summed E-state index contributed by atoms with van der Waals surface area (Å²) in [6.07, 6.45) is 0. The van der Waals surface area contributed by atoms with Gasteiger partial charge in [0.15, 0.2) is 5.92 Å². The molecule has 2 rings (SSSR count). The van der Waals surface area contributed by atoms with Crippen LogP contribution in [0, 0.1) is 5.92 Å². The maximum absolute atomic E-state index is 12.8. The second-order valence-corrected chi connectivity index (χ2v) is 5.73. The standard InChI is InChI=1S/C19H21N3O4/c1-22(2)19(24)16(17(21-25)13-7-5-4-6-8-13)18(23)20-14-9-11-15(26-3)12-10-14/h4-12,16,25H,1-3H3,(H,20,23). The number of hydrogen-bond acceptors (Lipinski definition) is 5. The summed E-state index contributed by atoms with van der Waals surface area (Å²) in [4.78, 5) is 26.7. The molecule has 0 aliphatic heterocycles. The summed E-state index contributed by atoms with van der Waals surface area (Å²) >= 11 is 0. The van der Waals surface area contributed by atoms with Gasteiger partial charge in [0.05, 0.1) is 7.11 Å². The van der Waals surface area contributed by atoms with Gasteiger partial charge < -0.3 is 20.2 Å². The predicted octanol–water partition coefficient (Wildman–Crippen LogP) is 2.22. The van der Waals surface area contributed by atoms with Gasteiger partial charge in [-0.05, 0) is 24.3 Å². The van der Waals surface area contributed by atoms with E-state index >= 15 is 0 Å². The number of methoxy groups -OCH3 is 1. The molecule has 26 heavy (non-hydrogen) atoms. The van der Waals surface area contributed by atoms with Crippen molar-refractivity contribution < 1.29 is 19.5 Å². The summed E-state index contributed by atoms with van der Waals surface area (Å²) in [7, 11) is 4.62. The zero-order valence-electron chi connectivity index (χ0n) is 14.8. The third-order valence-electron chi connectivity index (χ3n) is 3.76. The summed E-state index contributed by atoms with van der Waals surface area (Å²) in [6, 6.07) is 15.3. The number of rotatable bonds is 6. The molecule has 0 aromatic heterocycles. The summed E-state index contributed by atoms with van der Waals surface area (Å²) < 4.78 is 5.08. The SMILES string of the molecule is COc1ccc(NC(=O)C(C(=O)N(C)C)C(=NO)c2ccccc2)cc1. The molecule has 0 aliphatic rings. The lowest BCUT2D eigenvalue weighted by atomic mass is 9.94. The quantitative estimate of drug-likeness (QED) is 0.360. The summed E-state index contributed by atoms with van der Waals surface area (Å²) in [5.74, 6) is -1.73. The normalized spacial score (nSPS) is 12.2. The van der Waals surface area contributed by atoms with Crippen molar-refractivity contribution >= 4 is 23.2 Å². The molecule has 0 bridgehead atoms. The van der Waals surface area contributed by atoms with Gasteiger partial charge in [0.1, 0.15) is 11.5 Å². The number of ether oxygens (including phenoxy) is 1. The average molecular weight is 355 g/mol. The van der Waals surface area contributed by atoms with E-state index in [1.54, 1.807) is 61.7 Å². The van der Waals surface area contributed by atoms with E-state index in [1.165, 1.54) is 19.0 Å². The summed E-state index contributed by atoms with van der Waals surface area (Å²) in [5, 5.41) is 15.4. The number of anilines is 1. The topological polar surface area (TPSA) is 91.2 Å². The largest absolute Gasteiger partial charge is 0.497 e. The Balaban J connectivity index is 2.34. The number of hydrogen-bond donors (Lipinski definition) is 2. The zero-order valence-corrected chi connectivity index (χ0v) is 14.8. The molecule has 0 heterocycles. The Morgan fingerprint density at radius 2 is 1.69 bits per heavy atom. The van der Waals surface area contributed by atoms with E-state index in [9.17, 15) is 14.8 Å². The molecule has 2 N–H and O–H groups in total. The van der Waals surface area contributed by atoms with Gasteiger partial charge in [-0.2, -0.15) is 0 Å². The Morgan fingerprint density at radius 3 is 2.19 bits per heavy atom. The second-order valence-electron chi connectivity index (χ2n) is 5.73. The van der Waals surface area contributed by atoms with Crippen molar-refractivity contribution in [2.75, 3.05) is 26.5 Å². The van der Waals surface area contributed by atoms with Gasteiger partial charge in [-0.3, -0.25) is 9.59 Å². The van der Waals surface area contributed by atoms with E-state index in [0.717, 1.165) is 0 Å². The fraction of sp³-hybridized carbons (Fsp3) is 0.211. The first-order chi connectivity index (χ1) is 12.5. The zero-order chi connectivity index (χ0) is 19.1. The number of carbonyl (C=O) groups is 2. The Bertz CT molecular complexity index is 786. The number of nitrogens with one attached hydrogen (secondary N) is 1. The molecule has 2 aromatic rings. The number of oxime groups is 1. The molecular formula is C19H21N3O4. The third-order valence-corrected chi connectivity index (χ3v) is 3.76. The Kier molecular flexibility index (Phi) is 6.32. The molecule has 7 heteroatoms. The first-order valence-electron chi connectivity index (χ1n) is 7.91. The number of benzene rings is 2. The van der Waals surface area contributed by atoms with Crippen molar-refractivity contribution in [3.05, 3.63) is 60.2 Å². The molecular weight excluding hydrogens is 334 g/mol. The van der Waals surface area contributed by atoms with Crippen LogP contribution in [0.5, 0.6) is 5.75 Å². The van der Waals surface area contributed by atoms with Crippen LogP contribution in [0.2, 0.25) is 0 Å². The van der Waals surface area contributed by atoms with E-state index in [0.29, 0.717) is 17.0 Å². The lowest BCUT2D eigenvalue weighted by Crippen LogP contribution is -2.42. The fourth-order valence-corrected chi connectivity index (χ4v) is 2.39. The van der Waals surface area contributed by atoms with Crippen LogP contribution in [0.1, 0.15) is 5.56 Å². The lowest BCUT2D eigenvalue weighted by Gasteiger charge is -2.21. The monoisotopic (exact) mass is 355 g/mol.